The minimum absolute atomic E-state index is 0. The molecule has 0 rings (SSSR count). The van der Waals surface area contributed by atoms with Crippen molar-refractivity contribution in [1.29, 1.82) is 0 Å². The van der Waals surface area contributed by atoms with Crippen LogP contribution in [0.4, 0.5) is 0 Å². The van der Waals surface area contributed by atoms with Gasteiger partial charge in [0.25, 0.3) is 0 Å². The first-order chi connectivity index (χ1) is 7.99. The van der Waals surface area contributed by atoms with E-state index in [1.54, 1.807) is 0 Å². The molecule has 0 heterocycles. The second-order valence-electron chi connectivity index (χ2n) is 3.56. The first kappa shape index (κ1) is 24.7. The van der Waals surface area contributed by atoms with E-state index in [4.69, 9.17) is 22.1 Å². The molecule has 1 atom stereocenters. The molecule has 112 valence electrons. The van der Waals surface area contributed by atoms with Crippen LogP contribution >= 0.6 is 0 Å². The van der Waals surface area contributed by atoms with Gasteiger partial charge in [-0.2, -0.15) is 8.42 Å². The van der Waals surface area contributed by atoms with Crippen LogP contribution in [0.15, 0.2) is 0 Å². The molecule has 1 unspecified atom stereocenters. The van der Waals surface area contributed by atoms with E-state index in [-0.39, 0.29) is 42.1 Å². The van der Waals surface area contributed by atoms with Crippen molar-refractivity contribution < 1.29 is 64.2 Å². The van der Waals surface area contributed by atoms with E-state index in [9.17, 15) is 8.42 Å². The van der Waals surface area contributed by atoms with Gasteiger partial charge in [0.2, 0.25) is 10.4 Å². The van der Waals surface area contributed by atoms with Crippen LogP contribution in [0.5, 0.6) is 0 Å². The smallest absolute Gasteiger partial charge is 0.726 e. The van der Waals surface area contributed by atoms with Crippen molar-refractivity contribution in [3.05, 3.63) is 0 Å². The van der Waals surface area contributed by atoms with Crippen LogP contribution in [0.2, 0.25) is 0 Å². The predicted molar refractivity (Wildman–Crippen MR) is 63.1 cm³/mol. The van der Waals surface area contributed by atoms with Gasteiger partial charge in [-0.3, -0.25) is 9.11 Å². The van der Waals surface area contributed by atoms with Crippen LogP contribution in [0.3, 0.4) is 0 Å². The third-order valence-electron chi connectivity index (χ3n) is 2.00. The summed E-state index contributed by atoms with van der Waals surface area (Å²) in [5, 5.41) is 0. The molecule has 19 heavy (non-hydrogen) atoms. The maximum absolute atomic E-state index is 10.3. The third-order valence-corrected chi connectivity index (χ3v) is 2.43. The van der Waals surface area contributed by atoms with Crippen molar-refractivity contribution in [1.82, 2.24) is 0 Å². The first-order valence-corrected chi connectivity index (χ1v) is 8.02. The normalized spacial score (nSPS) is 12.9. The van der Waals surface area contributed by atoms with E-state index in [1.165, 1.54) is 0 Å². The zero-order valence-corrected chi connectivity index (χ0v) is 14.9. The topological polar surface area (TPSA) is 141 Å². The van der Waals surface area contributed by atoms with Gasteiger partial charge in [0.15, 0.2) is 0 Å². The zero-order valence-electron chi connectivity index (χ0n) is 11.3. The molecule has 0 aromatic rings. The van der Waals surface area contributed by atoms with Gasteiger partial charge >= 0.3 is 40.0 Å². The Bertz CT molecular complexity index is 383. The van der Waals surface area contributed by atoms with Crippen molar-refractivity contribution in [3.63, 3.8) is 0 Å². The van der Waals surface area contributed by atoms with Crippen LogP contribution in [-0.4, -0.2) is 37.1 Å². The molecule has 0 aliphatic heterocycles. The molecular formula is C8H19NaO8S2. The van der Waals surface area contributed by atoms with E-state index in [0.29, 0.717) is 0 Å². The Kier molecular flexibility index (Phi) is 16.2. The minimum Gasteiger partial charge on any atom is -0.726 e. The van der Waals surface area contributed by atoms with E-state index >= 15 is 0 Å². The number of unbranched alkanes of at least 4 members (excludes halogenated alkanes) is 1. The molecule has 0 aliphatic rings. The molecule has 0 aromatic heterocycles. The summed E-state index contributed by atoms with van der Waals surface area (Å²) in [4.78, 5) is 0. The Balaban J connectivity index is -0.000000366. The van der Waals surface area contributed by atoms with E-state index in [1.807, 2.05) is 6.92 Å². The molecule has 0 bridgehead atoms. The van der Waals surface area contributed by atoms with E-state index in [2.05, 4.69) is 11.1 Å². The van der Waals surface area contributed by atoms with Crippen molar-refractivity contribution in [2.24, 2.45) is 5.92 Å². The molecule has 0 saturated heterocycles. The van der Waals surface area contributed by atoms with Gasteiger partial charge in [-0.05, 0) is 12.3 Å². The van der Waals surface area contributed by atoms with Crippen LogP contribution in [-0.2, 0) is 25.0 Å². The summed E-state index contributed by atoms with van der Waals surface area (Å²) in [5.74, 6) is 0.224. The van der Waals surface area contributed by atoms with Crippen molar-refractivity contribution >= 4 is 20.8 Å². The first-order valence-electron chi connectivity index (χ1n) is 5.29. The average molecular weight is 330 g/mol. The summed E-state index contributed by atoms with van der Waals surface area (Å²) in [6, 6.07) is 0. The van der Waals surface area contributed by atoms with Gasteiger partial charge in [-0.25, -0.2) is 12.6 Å². The monoisotopic (exact) mass is 330 g/mol. The summed E-state index contributed by atoms with van der Waals surface area (Å²) in [6.07, 6.45) is 3.97. The zero-order chi connectivity index (χ0) is 14.8. The molecule has 11 heteroatoms. The Labute approximate surface area is 136 Å². The van der Waals surface area contributed by atoms with Crippen molar-refractivity contribution in [2.45, 2.75) is 39.5 Å². The SMILES string of the molecule is CCCCC(CC)COS(=O)(=O)O.O=S(=O)([O-])O.[Na+]. The number of rotatable bonds is 7. The van der Waals surface area contributed by atoms with Crippen molar-refractivity contribution in [2.75, 3.05) is 6.61 Å². The molecule has 0 saturated carbocycles. The maximum Gasteiger partial charge on any atom is 1.00 e. The molecule has 0 aromatic carbocycles. The molecular weight excluding hydrogens is 311 g/mol. The fourth-order valence-corrected chi connectivity index (χ4v) is 1.44. The van der Waals surface area contributed by atoms with Gasteiger partial charge in [-0.1, -0.05) is 33.1 Å². The van der Waals surface area contributed by atoms with Crippen LogP contribution in [0.1, 0.15) is 39.5 Å². The van der Waals surface area contributed by atoms with E-state index < -0.39 is 20.8 Å². The van der Waals surface area contributed by atoms with Gasteiger partial charge < -0.3 is 4.55 Å². The molecule has 0 amide bonds. The molecule has 0 aliphatic carbocycles. The Morgan fingerprint density at radius 3 is 1.84 bits per heavy atom. The predicted octanol–water partition coefficient (Wildman–Crippen LogP) is -1.97. The maximum atomic E-state index is 10.3. The van der Waals surface area contributed by atoms with Gasteiger partial charge in [0.05, 0.1) is 6.61 Å². The molecule has 0 spiro atoms. The molecule has 0 fully saturated rings. The molecule has 2 N–H and O–H groups in total. The number of hydrogen-bond acceptors (Lipinski definition) is 6. The van der Waals surface area contributed by atoms with Crippen LogP contribution in [0, 0.1) is 5.92 Å². The molecule has 8 nitrogen and oxygen atoms in total. The largest absolute Gasteiger partial charge is 1.00 e. The molecule has 0 radical (unpaired) electrons. The number of hydrogen-bond donors (Lipinski definition) is 2. The van der Waals surface area contributed by atoms with Crippen molar-refractivity contribution in [3.8, 4) is 0 Å². The van der Waals surface area contributed by atoms with Crippen LogP contribution < -0.4 is 29.6 Å². The fraction of sp³-hybridized carbons (Fsp3) is 1.00. The Hall–Kier alpha value is 0.740. The summed E-state index contributed by atoms with van der Waals surface area (Å²) in [6.45, 7) is 4.15. The Morgan fingerprint density at radius 2 is 1.58 bits per heavy atom. The second-order valence-corrected chi connectivity index (χ2v) is 5.50. The minimum atomic E-state index is -4.92. The average Bonchev–Trinajstić information content (AvgIpc) is 2.14. The quantitative estimate of drug-likeness (QED) is 0.311. The summed E-state index contributed by atoms with van der Waals surface area (Å²) in [7, 11) is -9.17. The summed E-state index contributed by atoms with van der Waals surface area (Å²) >= 11 is 0. The Morgan fingerprint density at radius 1 is 1.16 bits per heavy atom. The fourth-order valence-electron chi connectivity index (χ4n) is 1.08. The standard InChI is InChI=1S/C8H18O4S.Na.H2O4S/c1-3-5-6-8(4-2)7-12-13(9,10)11;;1-5(2,3)4/h8H,3-7H2,1-2H3,(H,9,10,11);;(H2,1,2,3,4)/q;+1;/p-1. The van der Waals surface area contributed by atoms with Crippen LogP contribution in [0.25, 0.3) is 0 Å². The van der Waals surface area contributed by atoms with Gasteiger partial charge in [-0.15, -0.1) is 0 Å². The van der Waals surface area contributed by atoms with E-state index in [0.717, 1.165) is 25.7 Å². The summed E-state index contributed by atoms with van der Waals surface area (Å²) < 4.78 is 66.0. The summed E-state index contributed by atoms with van der Waals surface area (Å²) in [5.41, 5.74) is 0. The second kappa shape index (κ2) is 12.5. The van der Waals surface area contributed by atoms with Gasteiger partial charge in [0, 0.05) is 0 Å². The van der Waals surface area contributed by atoms with Gasteiger partial charge in [0.1, 0.15) is 0 Å². The third kappa shape index (κ3) is 32.4.